The molecule has 4 heteroatoms. The van der Waals surface area contributed by atoms with Crippen molar-refractivity contribution in [3.8, 4) is 0 Å². The molecule has 1 heterocycles. The molecule has 0 spiro atoms. The van der Waals surface area contributed by atoms with Gasteiger partial charge in [-0.3, -0.25) is 4.79 Å². The van der Waals surface area contributed by atoms with Gasteiger partial charge in [0.05, 0.1) is 6.61 Å². The second-order valence-electron chi connectivity index (χ2n) is 1.91. The van der Waals surface area contributed by atoms with Crippen LogP contribution in [0.5, 0.6) is 0 Å². The highest BCUT2D eigenvalue weighted by molar-refractivity contribution is 5.96. The third kappa shape index (κ3) is 1.26. The highest BCUT2D eigenvalue weighted by Gasteiger charge is 2.25. The van der Waals surface area contributed by atoms with E-state index < -0.39 is 6.10 Å². The molecule has 10 heavy (non-hydrogen) atoms. The van der Waals surface area contributed by atoms with Crippen LogP contribution < -0.4 is 0 Å². The SMILES string of the molecule is CCOC1=NC(=O)C(C)O1. The van der Waals surface area contributed by atoms with Gasteiger partial charge in [-0.2, -0.15) is 0 Å². The average molecular weight is 143 g/mol. The molecule has 0 aromatic heterocycles. The molecule has 1 amide bonds. The number of nitrogens with zero attached hydrogens (tertiary/aromatic N) is 1. The lowest BCUT2D eigenvalue weighted by Crippen LogP contribution is -2.13. The fourth-order valence-corrected chi connectivity index (χ4v) is 0.599. The summed E-state index contributed by atoms with van der Waals surface area (Å²) in [4.78, 5) is 14.2. The molecule has 0 fully saturated rings. The van der Waals surface area contributed by atoms with E-state index in [2.05, 4.69) is 4.99 Å². The highest BCUT2D eigenvalue weighted by atomic mass is 16.7. The van der Waals surface area contributed by atoms with Crippen LogP contribution in [0, 0.1) is 0 Å². The van der Waals surface area contributed by atoms with Gasteiger partial charge in [-0.1, -0.05) is 0 Å². The van der Waals surface area contributed by atoms with Crippen molar-refractivity contribution in [3.05, 3.63) is 0 Å². The summed E-state index contributed by atoms with van der Waals surface area (Å²) in [6.45, 7) is 3.91. The molecule has 1 rings (SSSR count). The van der Waals surface area contributed by atoms with Gasteiger partial charge in [0, 0.05) is 0 Å². The van der Waals surface area contributed by atoms with Crippen LogP contribution in [0.15, 0.2) is 4.99 Å². The first-order chi connectivity index (χ1) is 4.74. The Labute approximate surface area is 58.8 Å². The lowest BCUT2D eigenvalue weighted by atomic mass is 10.4. The van der Waals surface area contributed by atoms with Crippen molar-refractivity contribution in [2.24, 2.45) is 4.99 Å². The van der Waals surface area contributed by atoms with Crippen molar-refractivity contribution in [1.82, 2.24) is 0 Å². The van der Waals surface area contributed by atoms with E-state index in [4.69, 9.17) is 9.47 Å². The second-order valence-corrected chi connectivity index (χ2v) is 1.91. The van der Waals surface area contributed by atoms with Gasteiger partial charge in [0.15, 0.2) is 6.10 Å². The second kappa shape index (κ2) is 2.68. The number of aliphatic imine (C=N–C) groups is 1. The topological polar surface area (TPSA) is 47.9 Å². The lowest BCUT2D eigenvalue weighted by molar-refractivity contribution is -0.122. The van der Waals surface area contributed by atoms with Crippen molar-refractivity contribution < 1.29 is 14.3 Å². The first-order valence-electron chi connectivity index (χ1n) is 3.16. The Bertz CT molecular complexity index is 176. The maximum absolute atomic E-state index is 10.7. The molecule has 1 atom stereocenters. The number of amides is 1. The van der Waals surface area contributed by atoms with Crippen molar-refractivity contribution >= 4 is 12.0 Å². The summed E-state index contributed by atoms with van der Waals surface area (Å²) in [5.41, 5.74) is 0. The Morgan fingerprint density at radius 3 is 2.90 bits per heavy atom. The van der Waals surface area contributed by atoms with Crippen molar-refractivity contribution in [3.63, 3.8) is 0 Å². The third-order valence-electron chi connectivity index (χ3n) is 1.09. The maximum Gasteiger partial charge on any atom is 0.392 e. The van der Waals surface area contributed by atoms with Crippen LogP contribution in [0.25, 0.3) is 0 Å². The fraction of sp³-hybridized carbons (Fsp3) is 0.667. The minimum absolute atomic E-state index is 0.0972. The number of rotatable bonds is 1. The Hall–Kier alpha value is -1.06. The molecule has 1 aliphatic rings. The van der Waals surface area contributed by atoms with E-state index in [9.17, 15) is 4.79 Å². The molecule has 1 aliphatic heterocycles. The summed E-state index contributed by atoms with van der Waals surface area (Å²) < 4.78 is 9.74. The van der Waals surface area contributed by atoms with E-state index in [-0.39, 0.29) is 12.0 Å². The smallest absolute Gasteiger partial charge is 0.392 e. The van der Waals surface area contributed by atoms with Crippen LogP contribution in [-0.2, 0) is 14.3 Å². The Morgan fingerprint density at radius 2 is 2.50 bits per heavy atom. The predicted octanol–water partition coefficient (Wildman–Crippen LogP) is 0.324. The van der Waals surface area contributed by atoms with E-state index in [0.717, 1.165) is 0 Å². The van der Waals surface area contributed by atoms with Crippen LogP contribution in [0.1, 0.15) is 13.8 Å². The average Bonchev–Trinajstić information content (AvgIpc) is 2.14. The molecule has 4 nitrogen and oxygen atoms in total. The molecule has 0 N–H and O–H groups in total. The Kier molecular flexibility index (Phi) is 1.89. The minimum atomic E-state index is -0.471. The summed E-state index contributed by atoms with van der Waals surface area (Å²) in [7, 11) is 0. The standard InChI is InChI=1S/C6H9NO3/c1-3-9-6-7-5(8)4(2)10-6/h4H,3H2,1-2H3. The summed E-state index contributed by atoms with van der Waals surface area (Å²) in [5.74, 6) is -0.275. The van der Waals surface area contributed by atoms with E-state index >= 15 is 0 Å². The monoisotopic (exact) mass is 143 g/mol. The first-order valence-corrected chi connectivity index (χ1v) is 3.16. The van der Waals surface area contributed by atoms with Crippen LogP contribution >= 0.6 is 0 Å². The lowest BCUT2D eigenvalue weighted by Gasteiger charge is -2.02. The molecule has 0 bridgehead atoms. The van der Waals surface area contributed by atoms with E-state index in [1.807, 2.05) is 0 Å². The molecule has 1 unspecified atom stereocenters. The van der Waals surface area contributed by atoms with Gasteiger partial charge in [-0.25, -0.2) is 0 Å². The van der Waals surface area contributed by atoms with E-state index in [0.29, 0.717) is 6.61 Å². The Morgan fingerprint density at radius 1 is 1.80 bits per heavy atom. The molecule has 0 saturated carbocycles. The van der Waals surface area contributed by atoms with Crippen molar-refractivity contribution in [2.75, 3.05) is 6.61 Å². The van der Waals surface area contributed by atoms with Gasteiger partial charge >= 0.3 is 6.08 Å². The molecule has 0 radical (unpaired) electrons. The summed E-state index contributed by atoms with van der Waals surface area (Å²) >= 11 is 0. The van der Waals surface area contributed by atoms with E-state index in [1.54, 1.807) is 13.8 Å². The summed E-state index contributed by atoms with van der Waals surface area (Å²) in [6.07, 6.45) is -0.374. The Balaban J connectivity index is 2.50. The summed E-state index contributed by atoms with van der Waals surface area (Å²) in [5, 5.41) is 0. The maximum atomic E-state index is 10.7. The normalized spacial score (nSPS) is 24.0. The van der Waals surface area contributed by atoms with Gasteiger partial charge in [0.1, 0.15) is 0 Å². The van der Waals surface area contributed by atoms with Crippen LogP contribution in [-0.4, -0.2) is 24.7 Å². The van der Waals surface area contributed by atoms with E-state index in [1.165, 1.54) is 0 Å². The summed E-state index contributed by atoms with van der Waals surface area (Å²) in [6, 6.07) is 0. The molecule has 0 saturated heterocycles. The fourth-order valence-electron chi connectivity index (χ4n) is 0.599. The number of carbonyl (C=O) groups excluding carboxylic acids is 1. The van der Waals surface area contributed by atoms with Gasteiger partial charge in [0.25, 0.3) is 5.91 Å². The molecular weight excluding hydrogens is 134 g/mol. The number of hydrogen-bond acceptors (Lipinski definition) is 3. The van der Waals surface area contributed by atoms with Gasteiger partial charge < -0.3 is 9.47 Å². The van der Waals surface area contributed by atoms with Crippen molar-refractivity contribution in [2.45, 2.75) is 20.0 Å². The zero-order chi connectivity index (χ0) is 7.56. The molecule has 0 aromatic rings. The molecule has 56 valence electrons. The van der Waals surface area contributed by atoms with Crippen molar-refractivity contribution in [1.29, 1.82) is 0 Å². The molecular formula is C6H9NO3. The minimum Gasteiger partial charge on any atom is -0.451 e. The van der Waals surface area contributed by atoms with Gasteiger partial charge in [-0.15, -0.1) is 4.99 Å². The number of carbonyl (C=O) groups is 1. The quantitative estimate of drug-likeness (QED) is 0.531. The van der Waals surface area contributed by atoms with Crippen LogP contribution in [0.4, 0.5) is 0 Å². The van der Waals surface area contributed by atoms with Gasteiger partial charge in [-0.05, 0) is 13.8 Å². The zero-order valence-electron chi connectivity index (χ0n) is 5.96. The number of ether oxygens (including phenoxy) is 2. The highest BCUT2D eigenvalue weighted by Crippen LogP contribution is 2.05. The zero-order valence-corrected chi connectivity index (χ0v) is 5.96. The third-order valence-corrected chi connectivity index (χ3v) is 1.09. The molecule has 0 aromatic carbocycles. The number of hydrogen-bond donors (Lipinski definition) is 0. The largest absolute Gasteiger partial charge is 0.451 e. The predicted molar refractivity (Wildman–Crippen MR) is 34.6 cm³/mol. The first kappa shape index (κ1) is 7.05. The van der Waals surface area contributed by atoms with Crippen LogP contribution in [0.2, 0.25) is 0 Å². The van der Waals surface area contributed by atoms with Gasteiger partial charge in [0.2, 0.25) is 0 Å². The van der Waals surface area contributed by atoms with Crippen LogP contribution in [0.3, 0.4) is 0 Å². The molecule has 0 aliphatic carbocycles.